The van der Waals surface area contributed by atoms with Gasteiger partial charge >= 0.3 is 0 Å². The van der Waals surface area contributed by atoms with Gasteiger partial charge in [-0.1, -0.05) is 23.4 Å². The Bertz CT molecular complexity index is 701. The zero-order valence-electron chi connectivity index (χ0n) is 14.7. The lowest BCUT2D eigenvalue weighted by molar-refractivity contribution is -0.131. The van der Waals surface area contributed by atoms with Crippen molar-refractivity contribution in [2.75, 3.05) is 26.8 Å². The number of rotatable bonds is 7. The molecule has 0 N–H and O–H groups in total. The molecule has 1 aliphatic rings. The number of nitrogens with zero attached hydrogens (tertiary/aromatic N) is 2. The van der Waals surface area contributed by atoms with Gasteiger partial charge in [-0.3, -0.25) is 4.79 Å². The maximum absolute atomic E-state index is 12.4. The van der Waals surface area contributed by atoms with Crippen LogP contribution in [0.2, 0.25) is 0 Å². The highest BCUT2D eigenvalue weighted by Crippen LogP contribution is 2.28. The van der Waals surface area contributed by atoms with Crippen LogP contribution in [-0.4, -0.2) is 48.4 Å². The molecule has 0 radical (unpaired) electrons. The van der Waals surface area contributed by atoms with Crippen LogP contribution in [0.3, 0.4) is 0 Å². The Kier molecular flexibility index (Phi) is 5.38. The predicted octanol–water partition coefficient (Wildman–Crippen LogP) is 2.61. The van der Waals surface area contributed by atoms with Crippen molar-refractivity contribution in [2.24, 2.45) is 0 Å². The van der Waals surface area contributed by atoms with Crippen molar-refractivity contribution in [3.63, 3.8) is 0 Å². The van der Waals surface area contributed by atoms with Crippen molar-refractivity contribution >= 4 is 5.91 Å². The van der Waals surface area contributed by atoms with E-state index in [-0.39, 0.29) is 5.91 Å². The van der Waals surface area contributed by atoms with E-state index in [1.54, 1.807) is 19.4 Å². The van der Waals surface area contributed by atoms with E-state index in [1.807, 2.05) is 36.1 Å². The van der Waals surface area contributed by atoms with E-state index in [4.69, 9.17) is 14.0 Å². The normalized spacial score (nSPS) is 20.0. The van der Waals surface area contributed by atoms with Gasteiger partial charge in [0, 0.05) is 32.6 Å². The number of hydrogen-bond acceptors (Lipinski definition) is 5. The van der Waals surface area contributed by atoms with Gasteiger partial charge in [0.1, 0.15) is 23.7 Å². The molecule has 25 heavy (non-hydrogen) atoms. The third kappa shape index (κ3) is 4.20. The Hall–Kier alpha value is -2.34. The fourth-order valence-corrected chi connectivity index (χ4v) is 3.09. The van der Waals surface area contributed by atoms with Crippen molar-refractivity contribution in [1.82, 2.24) is 10.1 Å². The lowest BCUT2D eigenvalue weighted by Crippen LogP contribution is -2.42. The molecule has 2 aromatic rings. The van der Waals surface area contributed by atoms with Gasteiger partial charge in [0.2, 0.25) is 5.91 Å². The van der Waals surface area contributed by atoms with E-state index in [0.717, 1.165) is 23.5 Å². The van der Waals surface area contributed by atoms with E-state index >= 15 is 0 Å². The largest absolute Gasteiger partial charge is 0.490 e. The van der Waals surface area contributed by atoms with Gasteiger partial charge in [-0.25, -0.2) is 0 Å². The first-order chi connectivity index (χ1) is 12.1. The molecule has 6 heteroatoms. The minimum atomic E-state index is -0.454. The molecule has 1 atom stereocenters. The fourth-order valence-electron chi connectivity index (χ4n) is 3.09. The molecule has 1 aromatic carbocycles. The smallest absolute Gasteiger partial charge is 0.223 e. The third-order valence-electron chi connectivity index (χ3n) is 4.76. The minimum Gasteiger partial charge on any atom is -0.490 e. The van der Waals surface area contributed by atoms with Crippen LogP contribution in [0.1, 0.15) is 24.2 Å². The molecule has 134 valence electrons. The number of amides is 1. The number of aryl methyl sites for hydroxylation is 2. The molecule has 2 heterocycles. The molecule has 3 rings (SSSR count). The van der Waals surface area contributed by atoms with E-state index in [0.29, 0.717) is 32.5 Å². The number of aromatic nitrogens is 1. The molecule has 1 amide bonds. The Labute approximate surface area is 147 Å². The van der Waals surface area contributed by atoms with Gasteiger partial charge in [0.05, 0.1) is 12.7 Å². The summed E-state index contributed by atoms with van der Waals surface area (Å²) < 4.78 is 16.8. The van der Waals surface area contributed by atoms with Gasteiger partial charge < -0.3 is 18.9 Å². The number of likely N-dealkylation sites (tertiary alicyclic amines) is 1. The molecule has 1 aromatic heterocycles. The van der Waals surface area contributed by atoms with Gasteiger partial charge in [-0.15, -0.1) is 0 Å². The molecule has 0 aliphatic carbocycles. The van der Waals surface area contributed by atoms with Crippen molar-refractivity contribution in [2.45, 2.75) is 31.8 Å². The summed E-state index contributed by atoms with van der Waals surface area (Å²) in [6, 6.07) is 9.69. The summed E-state index contributed by atoms with van der Waals surface area (Å²) >= 11 is 0. The van der Waals surface area contributed by atoms with Crippen LogP contribution in [0, 0.1) is 6.92 Å². The predicted molar refractivity (Wildman–Crippen MR) is 92.4 cm³/mol. The molecule has 0 spiro atoms. The summed E-state index contributed by atoms with van der Waals surface area (Å²) in [7, 11) is 1.68. The molecule has 1 saturated heterocycles. The average molecular weight is 344 g/mol. The first-order valence-corrected chi connectivity index (χ1v) is 8.53. The summed E-state index contributed by atoms with van der Waals surface area (Å²) in [5.74, 6) is 1.69. The lowest BCUT2D eigenvalue weighted by atomic mass is 10.0. The van der Waals surface area contributed by atoms with Crippen molar-refractivity contribution in [3.8, 4) is 5.75 Å². The number of para-hydroxylation sites is 1. The Morgan fingerprint density at radius 2 is 2.20 bits per heavy atom. The Morgan fingerprint density at radius 3 is 2.92 bits per heavy atom. The van der Waals surface area contributed by atoms with Crippen LogP contribution in [0.4, 0.5) is 0 Å². The van der Waals surface area contributed by atoms with Gasteiger partial charge in [0.15, 0.2) is 0 Å². The number of methoxy groups -OCH3 is 1. The SMILES string of the molecule is COC1(COc2ccccc2C)CCN(C(=O)CCc2ccno2)C1. The highest BCUT2D eigenvalue weighted by Gasteiger charge is 2.41. The van der Waals surface area contributed by atoms with Crippen molar-refractivity contribution < 1.29 is 18.8 Å². The molecule has 1 aliphatic heterocycles. The first kappa shape index (κ1) is 17.5. The first-order valence-electron chi connectivity index (χ1n) is 8.53. The summed E-state index contributed by atoms with van der Waals surface area (Å²) in [6.07, 6.45) is 3.33. The maximum Gasteiger partial charge on any atom is 0.223 e. The van der Waals surface area contributed by atoms with Crippen LogP contribution in [0.5, 0.6) is 5.75 Å². The zero-order chi connectivity index (χ0) is 17.7. The highest BCUT2D eigenvalue weighted by atomic mass is 16.5. The monoisotopic (exact) mass is 344 g/mol. The minimum absolute atomic E-state index is 0.103. The number of hydrogen-bond donors (Lipinski definition) is 0. The highest BCUT2D eigenvalue weighted by molar-refractivity contribution is 5.76. The van der Waals surface area contributed by atoms with Crippen LogP contribution in [0.25, 0.3) is 0 Å². The molecule has 0 bridgehead atoms. The average Bonchev–Trinajstić information content (AvgIpc) is 3.29. The molecule has 6 nitrogen and oxygen atoms in total. The Morgan fingerprint density at radius 1 is 1.36 bits per heavy atom. The second-order valence-corrected chi connectivity index (χ2v) is 6.49. The van der Waals surface area contributed by atoms with E-state index in [2.05, 4.69) is 5.16 Å². The van der Waals surface area contributed by atoms with Crippen molar-refractivity contribution in [1.29, 1.82) is 0 Å². The summed E-state index contributed by atoms with van der Waals surface area (Å²) in [5, 5.41) is 3.66. The topological polar surface area (TPSA) is 64.8 Å². The van der Waals surface area contributed by atoms with Gasteiger partial charge in [0.25, 0.3) is 0 Å². The van der Waals surface area contributed by atoms with Gasteiger partial charge in [-0.2, -0.15) is 0 Å². The fraction of sp³-hybridized carbons (Fsp3) is 0.474. The van der Waals surface area contributed by atoms with Crippen LogP contribution in [-0.2, 0) is 16.0 Å². The second-order valence-electron chi connectivity index (χ2n) is 6.49. The maximum atomic E-state index is 12.4. The molecule has 1 unspecified atom stereocenters. The van der Waals surface area contributed by atoms with Crippen molar-refractivity contribution in [3.05, 3.63) is 47.9 Å². The quantitative estimate of drug-likeness (QED) is 0.772. The Balaban J connectivity index is 1.54. The van der Waals surface area contributed by atoms with Gasteiger partial charge in [-0.05, 0) is 25.0 Å². The van der Waals surface area contributed by atoms with E-state index in [1.165, 1.54) is 0 Å². The number of carbonyl (C=O) groups is 1. The van der Waals surface area contributed by atoms with Crippen LogP contribution < -0.4 is 4.74 Å². The van der Waals surface area contributed by atoms with Crippen LogP contribution >= 0.6 is 0 Å². The number of benzene rings is 1. The summed E-state index contributed by atoms with van der Waals surface area (Å²) in [4.78, 5) is 14.3. The lowest BCUT2D eigenvalue weighted by Gasteiger charge is -2.28. The van der Waals surface area contributed by atoms with E-state index in [9.17, 15) is 4.79 Å². The third-order valence-corrected chi connectivity index (χ3v) is 4.76. The number of carbonyl (C=O) groups excluding carboxylic acids is 1. The molecule has 0 saturated carbocycles. The van der Waals surface area contributed by atoms with Crippen LogP contribution in [0.15, 0.2) is 41.1 Å². The molecular formula is C19H24N2O4. The zero-order valence-corrected chi connectivity index (χ0v) is 14.7. The summed E-state index contributed by atoms with van der Waals surface area (Å²) in [5.41, 5.74) is 0.635. The standard InChI is InChI=1S/C19H24N2O4/c1-15-5-3-4-6-17(15)24-14-19(23-2)10-12-21(13-19)18(22)8-7-16-9-11-20-25-16/h3-6,9,11H,7-8,10,12-14H2,1-2H3. The second kappa shape index (κ2) is 7.70. The molecule has 1 fully saturated rings. The number of ether oxygens (including phenoxy) is 2. The van der Waals surface area contributed by atoms with E-state index < -0.39 is 5.60 Å². The summed E-state index contributed by atoms with van der Waals surface area (Å²) in [6.45, 7) is 3.67. The molecular weight excluding hydrogens is 320 g/mol.